The van der Waals surface area contributed by atoms with Gasteiger partial charge < -0.3 is 16.0 Å². The molecule has 0 saturated carbocycles. The van der Waals surface area contributed by atoms with Crippen LogP contribution in [0.5, 0.6) is 0 Å². The van der Waals surface area contributed by atoms with Gasteiger partial charge in [-0.3, -0.25) is 9.59 Å². The van der Waals surface area contributed by atoms with Gasteiger partial charge in [-0.05, 0) is 19.1 Å². The minimum absolute atomic E-state index is 0.222. The van der Waals surface area contributed by atoms with Crippen molar-refractivity contribution in [3.05, 3.63) is 29.8 Å². The summed E-state index contributed by atoms with van der Waals surface area (Å²) in [5.74, 6) is -0.494. The summed E-state index contributed by atoms with van der Waals surface area (Å²) in [6, 6.07) is 6.57. The van der Waals surface area contributed by atoms with E-state index in [0.717, 1.165) is 5.69 Å². The Morgan fingerprint density at radius 3 is 2.41 bits per heavy atom. The van der Waals surface area contributed by atoms with Crippen LogP contribution in [0.2, 0.25) is 0 Å². The highest BCUT2D eigenvalue weighted by atomic mass is 16.2. The largest absolute Gasteiger partial charge is 0.387 e. The van der Waals surface area contributed by atoms with E-state index >= 15 is 0 Å². The molecule has 0 bridgehead atoms. The predicted molar refractivity (Wildman–Crippen MR) is 67.0 cm³/mol. The molecule has 2 amide bonds. The zero-order valence-electron chi connectivity index (χ0n) is 10.2. The maximum atomic E-state index is 11.9. The normalized spacial score (nSPS) is 11.5. The summed E-state index contributed by atoms with van der Waals surface area (Å²) < 4.78 is 0. The first kappa shape index (κ1) is 13.0. The van der Waals surface area contributed by atoms with Crippen LogP contribution in [0.3, 0.4) is 0 Å². The molecule has 17 heavy (non-hydrogen) atoms. The van der Waals surface area contributed by atoms with Crippen LogP contribution in [0.15, 0.2) is 24.3 Å². The highest BCUT2D eigenvalue weighted by Crippen LogP contribution is 2.13. The van der Waals surface area contributed by atoms with Gasteiger partial charge in [-0.2, -0.15) is 0 Å². The lowest BCUT2D eigenvalue weighted by Gasteiger charge is -2.14. The second-order valence-electron chi connectivity index (χ2n) is 3.60. The fourth-order valence-corrected chi connectivity index (χ4v) is 1.46. The Labute approximate surface area is 101 Å². The summed E-state index contributed by atoms with van der Waals surface area (Å²) in [5.41, 5.74) is 1.25. The maximum Gasteiger partial charge on any atom is 0.254 e. The van der Waals surface area contributed by atoms with Crippen LogP contribution in [0.1, 0.15) is 17.3 Å². The fraction of sp³-hybridized carbons (Fsp3) is 0.333. The van der Waals surface area contributed by atoms with E-state index in [0.29, 0.717) is 5.56 Å². The first-order valence-corrected chi connectivity index (χ1v) is 5.39. The molecule has 0 saturated heterocycles. The second kappa shape index (κ2) is 5.89. The van der Waals surface area contributed by atoms with Gasteiger partial charge in [0.25, 0.3) is 5.91 Å². The number of hydrogen-bond donors (Lipinski definition) is 3. The van der Waals surface area contributed by atoms with Gasteiger partial charge in [0, 0.05) is 19.8 Å². The number of para-hydroxylation sites is 1. The molecule has 5 nitrogen and oxygen atoms in total. The van der Waals surface area contributed by atoms with E-state index in [2.05, 4.69) is 16.0 Å². The van der Waals surface area contributed by atoms with E-state index in [-0.39, 0.29) is 11.8 Å². The number of anilines is 1. The Morgan fingerprint density at radius 2 is 1.82 bits per heavy atom. The summed E-state index contributed by atoms with van der Waals surface area (Å²) in [6.07, 6.45) is 0. The second-order valence-corrected chi connectivity index (χ2v) is 3.60. The van der Waals surface area contributed by atoms with Crippen molar-refractivity contribution in [1.29, 1.82) is 0 Å². The average molecular weight is 235 g/mol. The molecule has 92 valence electrons. The molecular formula is C12H17N3O2. The van der Waals surface area contributed by atoms with Gasteiger partial charge in [-0.15, -0.1) is 0 Å². The quantitative estimate of drug-likeness (QED) is 0.715. The number of nitrogens with one attached hydrogen (secondary N) is 3. The molecule has 1 unspecified atom stereocenters. The predicted octanol–water partition coefficient (Wildman–Crippen LogP) is 0.593. The van der Waals surface area contributed by atoms with Crippen LogP contribution in [0, 0.1) is 0 Å². The molecule has 0 radical (unpaired) electrons. The minimum Gasteiger partial charge on any atom is -0.387 e. The lowest BCUT2D eigenvalue weighted by Crippen LogP contribution is -2.43. The zero-order chi connectivity index (χ0) is 12.8. The first-order valence-electron chi connectivity index (χ1n) is 5.39. The number of amides is 2. The summed E-state index contributed by atoms with van der Waals surface area (Å²) >= 11 is 0. The van der Waals surface area contributed by atoms with E-state index in [9.17, 15) is 9.59 Å². The smallest absolute Gasteiger partial charge is 0.254 e. The van der Waals surface area contributed by atoms with Crippen LogP contribution in [-0.4, -0.2) is 32.0 Å². The molecule has 0 aliphatic rings. The molecule has 0 aromatic heterocycles. The number of rotatable bonds is 4. The van der Waals surface area contributed by atoms with E-state index in [1.165, 1.54) is 7.05 Å². The van der Waals surface area contributed by atoms with Gasteiger partial charge in [0.15, 0.2) is 0 Å². The van der Waals surface area contributed by atoms with Crippen molar-refractivity contribution in [3.8, 4) is 0 Å². The molecule has 0 aliphatic heterocycles. The van der Waals surface area contributed by atoms with Crippen LogP contribution in [0.4, 0.5) is 5.69 Å². The van der Waals surface area contributed by atoms with Crippen LogP contribution in [0.25, 0.3) is 0 Å². The van der Waals surface area contributed by atoms with Crippen LogP contribution < -0.4 is 16.0 Å². The summed E-state index contributed by atoms with van der Waals surface area (Å²) in [6.45, 7) is 1.64. The monoisotopic (exact) mass is 235 g/mol. The average Bonchev–Trinajstić information content (AvgIpc) is 2.37. The molecule has 0 fully saturated rings. The fourth-order valence-electron chi connectivity index (χ4n) is 1.46. The number of likely N-dealkylation sites (N-methyl/N-ethyl adjacent to an activating group) is 1. The Bertz CT molecular complexity index is 418. The first-order chi connectivity index (χ1) is 8.10. The van der Waals surface area contributed by atoms with Gasteiger partial charge in [0.1, 0.15) is 6.04 Å². The SMILES string of the molecule is CNC(=O)C(C)NC(=O)c1ccccc1NC. The highest BCUT2D eigenvalue weighted by molar-refractivity contribution is 6.01. The standard InChI is InChI=1S/C12H17N3O2/c1-8(11(16)14-3)15-12(17)9-6-4-5-7-10(9)13-2/h4-8,13H,1-3H3,(H,14,16)(H,15,17). The number of benzene rings is 1. The van der Waals surface area contributed by atoms with E-state index in [1.54, 1.807) is 32.2 Å². The molecule has 3 N–H and O–H groups in total. The van der Waals surface area contributed by atoms with Gasteiger partial charge in [0.05, 0.1) is 5.56 Å². The molecule has 1 aromatic rings. The number of hydrogen-bond acceptors (Lipinski definition) is 3. The molecular weight excluding hydrogens is 218 g/mol. The Morgan fingerprint density at radius 1 is 1.18 bits per heavy atom. The van der Waals surface area contributed by atoms with Crippen LogP contribution in [-0.2, 0) is 4.79 Å². The topological polar surface area (TPSA) is 70.2 Å². The van der Waals surface area contributed by atoms with Crippen molar-refractivity contribution in [1.82, 2.24) is 10.6 Å². The van der Waals surface area contributed by atoms with Gasteiger partial charge in [-0.1, -0.05) is 12.1 Å². The zero-order valence-corrected chi connectivity index (χ0v) is 10.2. The lowest BCUT2D eigenvalue weighted by atomic mass is 10.1. The maximum absolute atomic E-state index is 11.9. The van der Waals surface area contributed by atoms with Crippen molar-refractivity contribution in [2.75, 3.05) is 19.4 Å². The molecule has 1 aromatic carbocycles. The molecule has 1 atom stereocenters. The van der Waals surface area contributed by atoms with Crippen molar-refractivity contribution in [2.45, 2.75) is 13.0 Å². The third-order valence-electron chi connectivity index (χ3n) is 2.43. The molecule has 0 spiro atoms. The Hall–Kier alpha value is -2.04. The van der Waals surface area contributed by atoms with E-state index in [4.69, 9.17) is 0 Å². The van der Waals surface area contributed by atoms with Crippen LogP contribution >= 0.6 is 0 Å². The number of carbonyl (C=O) groups is 2. The van der Waals surface area contributed by atoms with Crippen molar-refractivity contribution >= 4 is 17.5 Å². The lowest BCUT2D eigenvalue weighted by molar-refractivity contribution is -0.122. The molecule has 1 rings (SSSR count). The summed E-state index contributed by atoms with van der Waals surface area (Å²) in [5, 5.41) is 8.04. The summed E-state index contributed by atoms with van der Waals surface area (Å²) in [7, 11) is 3.28. The molecule has 0 heterocycles. The third kappa shape index (κ3) is 3.21. The Kier molecular flexibility index (Phi) is 4.51. The van der Waals surface area contributed by atoms with Crippen molar-refractivity contribution in [3.63, 3.8) is 0 Å². The van der Waals surface area contributed by atoms with E-state index in [1.807, 2.05) is 6.07 Å². The summed E-state index contributed by atoms with van der Waals surface area (Å²) in [4.78, 5) is 23.2. The number of carbonyl (C=O) groups excluding carboxylic acids is 2. The molecule has 5 heteroatoms. The minimum atomic E-state index is -0.558. The highest BCUT2D eigenvalue weighted by Gasteiger charge is 2.16. The molecule has 0 aliphatic carbocycles. The Balaban J connectivity index is 2.79. The van der Waals surface area contributed by atoms with Gasteiger partial charge >= 0.3 is 0 Å². The third-order valence-corrected chi connectivity index (χ3v) is 2.43. The van der Waals surface area contributed by atoms with E-state index < -0.39 is 6.04 Å². The van der Waals surface area contributed by atoms with Gasteiger partial charge in [-0.25, -0.2) is 0 Å². The van der Waals surface area contributed by atoms with Gasteiger partial charge in [0.2, 0.25) is 5.91 Å². The van der Waals surface area contributed by atoms with Crippen molar-refractivity contribution in [2.24, 2.45) is 0 Å². The van der Waals surface area contributed by atoms with Crippen molar-refractivity contribution < 1.29 is 9.59 Å².